The molecule has 1 amide bonds. The first-order valence-corrected chi connectivity index (χ1v) is 10.4. The Balaban J connectivity index is 1.64. The number of ether oxygens (including phenoxy) is 1. The molecule has 30 heavy (non-hydrogen) atoms. The summed E-state index contributed by atoms with van der Waals surface area (Å²) in [7, 11) is 0. The number of fused-ring (bicyclic) bond motifs is 1. The first-order chi connectivity index (χ1) is 14.3. The van der Waals surface area contributed by atoms with E-state index in [1.165, 1.54) is 12.1 Å². The van der Waals surface area contributed by atoms with Gasteiger partial charge in [-0.1, -0.05) is 11.8 Å². The number of carbonyl (C=O) groups is 2. The molecular weight excluding hydrogens is 419 g/mol. The summed E-state index contributed by atoms with van der Waals surface area (Å²) in [5.41, 5.74) is 0.497. The van der Waals surface area contributed by atoms with Crippen LogP contribution in [-0.4, -0.2) is 34.2 Å². The first-order valence-electron chi connectivity index (χ1n) is 9.44. The minimum absolute atomic E-state index is 0.0595. The van der Waals surface area contributed by atoms with Crippen molar-refractivity contribution >= 4 is 29.3 Å². The fourth-order valence-corrected chi connectivity index (χ4v) is 3.76. The van der Waals surface area contributed by atoms with Crippen molar-refractivity contribution in [3.05, 3.63) is 46.8 Å². The summed E-state index contributed by atoms with van der Waals surface area (Å²) in [6.45, 7) is 1.96. The molecule has 0 atom stereocenters. The van der Waals surface area contributed by atoms with Crippen LogP contribution in [0.1, 0.15) is 47.1 Å². The van der Waals surface area contributed by atoms with Crippen molar-refractivity contribution in [2.75, 3.05) is 17.7 Å². The van der Waals surface area contributed by atoms with Gasteiger partial charge in [0.1, 0.15) is 0 Å². The van der Waals surface area contributed by atoms with Crippen LogP contribution in [0.2, 0.25) is 0 Å². The molecule has 0 spiro atoms. The molecule has 1 aliphatic rings. The lowest BCUT2D eigenvalue weighted by Gasteiger charge is -2.20. The second kappa shape index (κ2) is 9.46. The number of nitrogens with one attached hydrogen (secondary N) is 1. The van der Waals surface area contributed by atoms with Crippen molar-refractivity contribution in [3.63, 3.8) is 0 Å². The second-order valence-corrected chi connectivity index (χ2v) is 7.56. The van der Waals surface area contributed by atoms with E-state index < -0.39 is 23.7 Å². The Kier molecular flexibility index (Phi) is 6.96. The lowest BCUT2D eigenvalue weighted by Crippen LogP contribution is -2.20. The number of nitrogens with zero attached hydrogens (tertiary/aromatic N) is 2. The lowest BCUT2D eigenvalue weighted by molar-refractivity contribution is -0.142. The van der Waals surface area contributed by atoms with Crippen molar-refractivity contribution in [1.29, 1.82) is 0 Å². The van der Waals surface area contributed by atoms with Gasteiger partial charge < -0.3 is 10.1 Å². The highest BCUT2D eigenvalue weighted by molar-refractivity contribution is 7.99. The third-order valence-electron chi connectivity index (χ3n) is 4.44. The molecule has 1 aromatic carbocycles. The normalized spacial score (nSPS) is 13.5. The number of esters is 1. The summed E-state index contributed by atoms with van der Waals surface area (Å²) in [6, 6.07) is 6.13. The predicted octanol–water partition coefficient (Wildman–Crippen LogP) is 4.28. The van der Waals surface area contributed by atoms with E-state index in [0.29, 0.717) is 36.2 Å². The third kappa shape index (κ3) is 5.50. The third-order valence-corrected chi connectivity index (χ3v) is 5.29. The number of rotatable bonds is 6. The number of benzene rings is 1. The maximum atomic E-state index is 13.4. The van der Waals surface area contributed by atoms with E-state index in [2.05, 4.69) is 15.3 Å². The minimum atomic E-state index is -4.55. The number of anilines is 1. The van der Waals surface area contributed by atoms with E-state index in [-0.39, 0.29) is 23.1 Å². The zero-order valence-corrected chi connectivity index (χ0v) is 17.0. The maximum absolute atomic E-state index is 13.4. The number of aromatic nitrogens is 2. The van der Waals surface area contributed by atoms with Crippen molar-refractivity contribution in [3.8, 4) is 0 Å². The second-order valence-electron chi connectivity index (χ2n) is 6.62. The first kappa shape index (κ1) is 22.1. The zero-order valence-electron chi connectivity index (χ0n) is 16.2. The minimum Gasteiger partial charge on any atom is -0.462 e. The van der Waals surface area contributed by atoms with Gasteiger partial charge >= 0.3 is 12.1 Å². The molecule has 0 saturated carbocycles. The zero-order chi connectivity index (χ0) is 21.7. The van der Waals surface area contributed by atoms with E-state index in [1.54, 1.807) is 19.1 Å². The van der Waals surface area contributed by atoms with Gasteiger partial charge in [-0.05, 0) is 56.9 Å². The van der Waals surface area contributed by atoms with E-state index >= 15 is 0 Å². The summed E-state index contributed by atoms with van der Waals surface area (Å²) in [5.74, 6) is -1.02. The molecular formula is C20H20F3N3O3S. The van der Waals surface area contributed by atoms with Gasteiger partial charge in [-0.25, -0.2) is 14.8 Å². The fraction of sp³-hybridized carbons (Fsp3) is 0.400. The highest BCUT2D eigenvalue weighted by Gasteiger charge is 2.38. The summed E-state index contributed by atoms with van der Waals surface area (Å²) in [5, 5.41) is 2.57. The number of thioether (sulfide) groups is 1. The Morgan fingerprint density at radius 1 is 1.13 bits per heavy atom. The molecule has 0 aliphatic heterocycles. The molecule has 0 saturated heterocycles. The fourth-order valence-electron chi connectivity index (χ4n) is 3.10. The molecule has 0 bridgehead atoms. The topological polar surface area (TPSA) is 81.2 Å². The van der Waals surface area contributed by atoms with Crippen LogP contribution in [0.3, 0.4) is 0 Å². The van der Waals surface area contributed by atoms with Crippen molar-refractivity contribution in [1.82, 2.24) is 9.97 Å². The van der Waals surface area contributed by atoms with Gasteiger partial charge in [-0.3, -0.25) is 4.79 Å². The van der Waals surface area contributed by atoms with Gasteiger partial charge in [0.15, 0.2) is 10.9 Å². The molecule has 1 heterocycles. The lowest BCUT2D eigenvalue weighted by atomic mass is 9.94. The number of halogens is 3. The number of carbonyl (C=O) groups excluding carboxylic acids is 2. The average Bonchev–Trinajstić information content (AvgIpc) is 2.71. The van der Waals surface area contributed by atoms with Gasteiger partial charge in [0.05, 0.1) is 17.9 Å². The van der Waals surface area contributed by atoms with Crippen LogP contribution in [-0.2, 0) is 28.5 Å². The molecule has 1 aromatic heterocycles. The molecule has 6 nitrogen and oxygen atoms in total. The molecule has 3 rings (SSSR count). The van der Waals surface area contributed by atoms with Gasteiger partial charge in [0.25, 0.3) is 0 Å². The monoisotopic (exact) mass is 439 g/mol. The largest absolute Gasteiger partial charge is 0.462 e. The molecule has 1 N–H and O–H groups in total. The molecule has 1 aliphatic carbocycles. The highest BCUT2D eigenvalue weighted by Crippen LogP contribution is 2.35. The molecule has 0 radical (unpaired) electrons. The van der Waals surface area contributed by atoms with Crippen LogP contribution in [0.4, 0.5) is 18.9 Å². The number of amides is 1. The molecule has 0 unspecified atom stereocenters. The van der Waals surface area contributed by atoms with Crippen molar-refractivity contribution in [2.24, 2.45) is 0 Å². The van der Waals surface area contributed by atoms with Gasteiger partial charge in [0.2, 0.25) is 5.91 Å². The maximum Gasteiger partial charge on any atom is 0.433 e. The van der Waals surface area contributed by atoms with E-state index in [9.17, 15) is 22.8 Å². The predicted molar refractivity (Wildman–Crippen MR) is 105 cm³/mol. The SMILES string of the molecule is CCOC(=O)c1ccc(NC(=O)CSc2nc3c(c(C(F)(F)F)n2)CCCC3)cc1. The summed E-state index contributed by atoms with van der Waals surface area (Å²) in [6.07, 6.45) is -2.29. The Labute approximate surface area is 175 Å². The van der Waals surface area contributed by atoms with Crippen LogP contribution < -0.4 is 5.32 Å². The van der Waals surface area contributed by atoms with Crippen LogP contribution in [0, 0.1) is 0 Å². The molecule has 10 heteroatoms. The number of aryl methyl sites for hydroxylation is 1. The summed E-state index contributed by atoms with van der Waals surface area (Å²) >= 11 is 0.857. The molecule has 0 fully saturated rings. The van der Waals surface area contributed by atoms with Crippen molar-refractivity contribution in [2.45, 2.75) is 43.9 Å². The van der Waals surface area contributed by atoms with Crippen LogP contribution in [0.5, 0.6) is 0 Å². The standard InChI is InChI=1S/C20H20F3N3O3S/c1-2-29-18(28)12-7-9-13(10-8-12)24-16(27)11-30-19-25-15-6-4-3-5-14(15)17(26-19)20(21,22)23/h7-10H,2-6,11H2,1H3,(H,24,27). The number of hydrogen-bond donors (Lipinski definition) is 1. The number of hydrogen-bond acceptors (Lipinski definition) is 6. The highest BCUT2D eigenvalue weighted by atomic mass is 32.2. The Hall–Kier alpha value is -2.62. The number of alkyl halides is 3. The summed E-state index contributed by atoms with van der Waals surface area (Å²) in [4.78, 5) is 31.7. The van der Waals surface area contributed by atoms with Crippen LogP contribution in [0.25, 0.3) is 0 Å². The Bertz CT molecular complexity index is 933. The average molecular weight is 439 g/mol. The van der Waals surface area contributed by atoms with Gasteiger partial charge in [0, 0.05) is 16.9 Å². The van der Waals surface area contributed by atoms with E-state index in [0.717, 1.165) is 18.2 Å². The van der Waals surface area contributed by atoms with Crippen LogP contribution in [0.15, 0.2) is 29.4 Å². The van der Waals surface area contributed by atoms with Gasteiger partial charge in [-0.15, -0.1) is 0 Å². The van der Waals surface area contributed by atoms with E-state index in [4.69, 9.17) is 4.74 Å². The molecule has 2 aromatic rings. The van der Waals surface area contributed by atoms with Crippen molar-refractivity contribution < 1.29 is 27.5 Å². The Morgan fingerprint density at radius 3 is 2.50 bits per heavy atom. The molecule has 160 valence electrons. The quantitative estimate of drug-likeness (QED) is 0.411. The smallest absolute Gasteiger partial charge is 0.433 e. The summed E-state index contributed by atoms with van der Waals surface area (Å²) < 4.78 is 45.0. The van der Waals surface area contributed by atoms with Gasteiger partial charge in [-0.2, -0.15) is 13.2 Å². The van der Waals surface area contributed by atoms with Crippen LogP contribution >= 0.6 is 11.8 Å². The van der Waals surface area contributed by atoms with E-state index in [1.807, 2.05) is 0 Å². The Morgan fingerprint density at radius 2 is 1.83 bits per heavy atom.